The summed E-state index contributed by atoms with van der Waals surface area (Å²) in [5.74, 6) is 2.71. The maximum Gasteiger partial charge on any atom is 0.191 e. The van der Waals surface area contributed by atoms with Crippen LogP contribution >= 0.6 is 0 Å². The van der Waals surface area contributed by atoms with Crippen LogP contribution in [0.1, 0.15) is 37.7 Å². The summed E-state index contributed by atoms with van der Waals surface area (Å²) in [6.45, 7) is 4.28. The molecule has 1 saturated carbocycles. The number of rotatable bonds is 7. The van der Waals surface area contributed by atoms with E-state index in [1.165, 1.54) is 45.2 Å². The number of nitrogens with zero attached hydrogens (tertiary/aromatic N) is 2. The van der Waals surface area contributed by atoms with Gasteiger partial charge in [-0.1, -0.05) is 18.9 Å². The first-order chi connectivity index (χ1) is 13.2. The van der Waals surface area contributed by atoms with Crippen molar-refractivity contribution in [2.24, 2.45) is 10.9 Å². The maximum atomic E-state index is 10.1. The van der Waals surface area contributed by atoms with E-state index in [9.17, 15) is 5.11 Å². The van der Waals surface area contributed by atoms with Crippen LogP contribution < -0.4 is 15.4 Å². The van der Waals surface area contributed by atoms with Gasteiger partial charge in [0.15, 0.2) is 5.96 Å². The van der Waals surface area contributed by atoms with Crippen molar-refractivity contribution in [2.45, 2.75) is 44.6 Å². The molecule has 150 valence electrons. The number of phenolic OH excluding ortho intramolecular Hbond substituents is 1. The molecule has 2 fully saturated rings. The van der Waals surface area contributed by atoms with Gasteiger partial charge >= 0.3 is 0 Å². The summed E-state index contributed by atoms with van der Waals surface area (Å²) in [6.07, 6.45) is 7.56. The molecule has 0 aromatic heterocycles. The summed E-state index contributed by atoms with van der Waals surface area (Å²) < 4.78 is 5.13. The molecule has 1 unspecified atom stereocenters. The second kappa shape index (κ2) is 9.83. The molecule has 27 heavy (non-hydrogen) atoms. The summed E-state index contributed by atoms with van der Waals surface area (Å²) in [7, 11) is 3.41. The Morgan fingerprint density at radius 1 is 1.30 bits per heavy atom. The van der Waals surface area contributed by atoms with Crippen LogP contribution in [-0.4, -0.2) is 62.3 Å². The van der Waals surface area contributed by atoms with Crippen molar-refractivity contribution in [2.75, 3.05) is 40.3 Å². The number of phenols is 1. The molecule has 2 aliphatic rings. The Morgan fingerprint density at radius 2 is 2.11 bits per heavy atom. The zero-order chi connectivity index (χ0) is 19.1. The lowest BCUT2D eigenvalue weighted by atomic mass is 10.1. The zero-order valence-electron chi connectivity index (χ0n) is 16.7. The monoisotopic (exact) mass is 374 g/mol. The lowest BCUT2D eigenvalue weighted by Gasteiger charge is -2.21. The van der Waals surface area contributed by atoms with Gasteiger partial charge in [0.25, 0.3) is 0 Å². The van der Waals surface area contributed by atoms with Crippen LogP contribution in [0.3, 0.4) is 0 Å². The lowest BCUT2D eigenvalue weighted by molar-refractivity contribution is 0.275. The Kier molecular flexibility index (Phi) is 7.21. The van der Waals surface area contributed by atoms with Crippen molar-refractivity contribution < 1.29 is 9.84 Å². The third-order valence-electron chi connectivity index (χ3n) is 5.81. The van der Waals surface area contributed by atoms with Crippen LogP contribution in [0.15, 0.2) is 23.2 Å². The predicted octanol–water partition coefficient (Wildman–Crippen LogP) is 2.37. The molecule has 1 aliphatic carbocycles. The Morgan fingerprint density at radius 3 is 2.81 bits per heavy atom. The number of ether oxygens (including phenoxy) is 1. The van der Waals surface area contributed by atoms with Gasteiger partial charge in [-0.25, -0.2) is 0 Å². The first kappa shape index (κ1) is 19.8. The highest BCUT2D eigenvalue weighted by atomic mass is 16.5. The van der Waals surface area contributed by atoms with Crippen molar-refractivity contribution >= 4 is 5.96 Å². The molecular formula is C21H34N4O2. The number of guanidine groups is 1. The second-order valence-corrected chi connectivity index (χ2v) is 7.78. The minimum Gasteiger partial charge on any atom is -0.508 e. The summed E-state index contributed by atoms with van der Waals surface area (Å²) in [5.41, 5.74) is 0.905. The van der Waals surface area contributed by atoms with Crippen LogP contribution in [0.4, 0.5) is 0 Å². The fourth-order valence-corrected chi connectivity index (χ4v) is 4.26. The van der Waals surface area contributed by atoms with Gasteiger partial charge in [0.2, 0.25) is 0 Å². The summed E-state index contributed by atoms with van der Waals surface area (Å²) in [4.78, 5) is 6.96. The fraction of sp³-hybridized carbons (Fsp3) is 0.667. The van der Waals surface area contributed by atoms with E-state index in [1.807, 2.05) is 19.2 Å². The number of benzene rings is 1. The van der Waals surface area contributed by atoms with E-state index >= 15 is 0 Å². The van der Waals surface area contributed by atoms with Crippen LogP contribution in [0.25, 0.3) is 0 Å². The number of nitrogens with one attached hydrogen (secondary N) is 2. The van der Waals surface area contributed by atoms with Crippen LogP contribution in [-0.2, 0) is 6.42 Å². The van der Waals surface area contributed by atoms with Gasteiger partial charge in [-0.3, -0.25) is 4.99 Å². The first-order valence-corrected chi connectivity index (χ1v) is 10.2. The SMILES string of the molecule is CN=C(NCCc1ccc(OC)cc1O)NC1CCN(CC2CCCC2)C1. The van der Waals surface area contributed by atoms with E-state index in [-0.39, 0.29) is 5.75 Å². The summed E-state index contributed by atoms with van der Waals surface area (Å²) in [5, 5.41) is 17.0. The van der Waals surface area contributed by atoms with Crippen LogP contribution in [0.5, 0.6) is 11.5 Å². The van der Waals surface area contributed by atoms with E-state index < -0.39 is 0 Å². The van der Waals surface area contributed by atoms with Crippen molar-refractivity contribution in [3.8, 4) is 11.5 Å². The molecule has 3 rings (SSSR count). The highest BCUT2D eigenvalue weighted by Crippen LogP contribution is 2.26. The molecule has 1 atom stereocenters. The van der Waals surface area contributed by atoms with Crippen LogP contribution in [0.2, 0.25) is 0 Å². The van der Waals surface area contributed by atoms with Crippen molar-refractivity contribution in [3.05, 3.63) is 23.8 Å². The number of hydrogen-bond donors (Lipinski definition) is 3. The topological polar surface area (TPSA) is 69.1 Å². The fourth-order valence-electron chi connectivity index (χ4n) is 4.26. The van der Waals surface area contributed by atoms with Gasteiger partial charge in [-0.05, 0) is 43.2 Å². The van der Waals surface area contributed by atoms with E-state index in [4.69, 9.17) is 4.74 Å². The van der Waals surface area contributed by atoms with Crippen molar-refractivity contribution in [3.63, 3.8) is 0 Å². The Hall–Kier alpha value is -1.95. The average Bonchev–Trinajstić information content (AvgIpc) is 3.34. The lowest BCUT2D eigenvalue weighted by Crippen LogP contribution is -2.45. The van der Waals surface area contributed by atoms with E-state index in [0.717, 1.165) is 37.0 Å². The smallest absolute Gasteiger partial charge is 0.191 e. The predicted molar refractivity (Wildman–Crippen MR) is 110 cm³/mol. The number of hydrogen-bond acceptors (Lipinski definition) is 4. The molecule has 1 heterocycles. The first-order valence-electron chi connectivity index (χ1n) is 10.2. The molecule has 1 aromatic rings. The molecule has 1 aliphatic heterocycles. The molecule has 0 radical (unpaired) electrons. The van der Waals surface area contributed by atoms with Crippen molar-refractivity contribution in [1.29, 1.82) is 0 Å². The largest absolute Gasteiger partial charge is 0.508 e. The number of likely N-dealkylation sites (tertiary alicyclic amines) is 1. The number of methoxy groups -OCH3 is 1. The molecule has 1 aromatic carbocycles. The minimum atomic E-state index is 0.275. The second-order valence-electron chi connectivity index (χ2n) is 7.78. The minimum absolute atomic E-state index is 0.275. The molecule has 1 saturated heterocycles. The molecule has 6 heteroatoms. The van der Waals surface area contributed by atoms with Gasteiger partial charge < -0.3 is 25.4 Å². The van der Waals surface area contributed by atoms with E-state index in [2.05, 4.69) is 20.5 Å². The van der Waals surface area contributed by atoms with Gasteiger partial charge in [0.05, 0.1) is 7.11 Å². The summed E-state index contributed by atoms with van der Waals surface area (Å²) >= 11 is 0. The Balaban J connectivity index is 1.39. The third kappa shape index (κ3) is 5.76. The number of aromatic hydroxyl groups is 1. The normalized spacial score (nSPS) is 21.6. The van der Waals surface area contributed by atoms with E-state index in [0.29, 0.717) is 11.8 Å². The van der Waals surface area contributed by atoms with Crippen LogP contribution in [0, 0.1) is 5.92 Å². The zero-order valence-corrected chi connectivity index (χ0v) is 16.7. The van der Waals surface area contributed by atoms with Gasteiger partial charge in [-0.2, -0.15) is 0 Å². The average molecular weight is 375 g/mol. The number of aliphatic imine (C=N–C) groups is 1. The van der Waals surface area contributed by atoms with Crippen molar-refractivity contribution in [1.82, 2.24) is 15.5 Å². The van der Waals surface area contributed by atoms with Gasteiger partial charge in [-0.15, -0.1) is 0 Å². The maximum absolute atomic E-state index is 10.1. The quantitative estimate of drug-likeness (QED) is 0.505. The Bertz CT molecular complexity index is 629. The highest BCUT2D eigenvalue weighted by Gasteiger charge is 2.26. The third-order valence-corrected chi connectivity index (χ3v) is 5.81. The molecule has 3 N–H and O–H groups in total. The molecule has 6 nitrogen and oxygen atoms in total. The summed E-state index contributed by atoms with van der Waals surface area (Å²) in [6, 6.07) is 5.90. The molecule has 0 spiro atoms. The van der Waals surface area contributed by atoms with Gasteiger partial charge in [0, 0.05) is 45.3 Å². The molecule has 0 bridgehead atoms. The van der Waals surface area contributed by atoms with Gasteiger partial charge in [0.1, 0.15) is 11.5 Å². The van der Waals surface area contributed by atoms with E-state index in [1.54, 1.807) is 13.2 Å². The highest BCUT2D eigenvalue weighted by molar-refractivity contribution is 5.80. The molecular weight excluding hydrogens is 340 g/mol. The Labute approximate surface area is 163 Å². The standard InChI is InChI=1S/C21H34N4O2/c1-22-21(23-11-9-17-7-8-19(27-2)13-20(17)26)24-18-10-12-25(15-18)14-16-5-3-4-6-16/h7-8,13,16,18,26H,3-6,9-12,14-15H2,1-2H3,(H2,22,23,24). The molecule has 0 amide bonds.